The lowest BCUT2D eigenvalue weighted by Crippen LogP contribution is -2.47. The van der Waals surface area contributed by atoms with Crippen molar-refractivity contribution in [2.45, 2.75) is 46.1 Å². The average molecular weight is 336 g/mol. The SMILES string of the molecule is CN=C(NCCn1cc([N+](=O)[O-])cn1)NCC1(CC(C)C)CCC1. The summed E-state index contributed by atoms with van der Waals surface area (Å²) in [5, 5.41) is 21.3. The molecule has 1 heterocycles. The third-order valence-electron chi connectivity index (χ3n) is 4.57. The second-order valence-corrected chi connectivity index (χ2v) is 7.02. The van der Waals surface area contributed by atoms with Crippen LogP contribution >= 0.6 is 0 Å². The van der Waals surface area contributed by atoms with Gasteiger partial charge in [-0.3, -0.25) is 19.8 Å². The van der Waals surface area contributed by atoms with E-state index in [0.717, 1.165) is 12.5 Å². The second kappa shape index (κ2) is 8.12. The van der Waals surface area contributed by atoms with Crippen LogP contribution in [0.2, 0.25) is 0 Å². The number of aromatic nitrogens is 2. The Morgan fingerprint density at radius 3 is 2.75 bits per heavy atom. The van der Waals surface area contributed by atoms with E-state index in [-0.39, 0.29) is 5.69 Å². The van der Waals surface area contributed by atoms with E-state index in [9.17, 15) is 10.1 Å². The molecule has 0 aliphatic heterocycles. The van der Waals surface area contributed by atoms with Gasteiger partial charge in [0.15, 0.2) is 5.96 Å². The lowest BCUT2D eigenvalue weighted by Gasteiger charge is -2.43. The summed E-state index contributed by atoms with van der Waals surface area (Å²) in [6.45, 7) is 6.65. The summed E-state index contributed by atoms with van der Waals surface area (Å²) >= 11 is 0. The lowest BCUT2D eigenvalue weighted by molar-refractivity contribution is -0.385. The maximum Gasteiger partial charge on any atom is 0.306 e. The molecule has 0 radical (unpaired) electrons. The molecule has 24 heavy (non-hydrogen) atoms. The van der Waals surface area contributed by atoms with Gasteiger partial charge in [0.2, 0.25) is 0 Å². The first-order valence-corrected chi connectivity index (χ1v) is 8.55. The monoisotopic (exact) mass is 336 g/mol. The number of nitro groups is 1. The van der Waals surface area contributed by atoms with Crippen molar-refractivity contribution in [2.24, 2.45) is 16.3 Å². The molecular formula is C16H28N6O2. The molecule has 2 rings (SSSR count). The van der Waals surface area contributed by atoms with Crippen LogP contribution in [0.5, 0.6) is 0 Å². The minimum atomic E-state index is -0.440. The maximum absolute atomic E-state index is 10.6. The average Bonchev–Trinajstić information content (AvgIpc) is 2.96. The van der Waals surface area contributed by atoms with Crippen molar-refractivity contribution in [2.75, 3.05) is 20.1 Å². The number of rotatable bonds is 8. The summed E-state index contributed by atoms with van der Waals surface area (Å²) < 4.78 is 1.56. The first-order valence-electron chi connectivity index (χ1n) is 8.55. The van der Waals surface area contributed by atoms with Gasteiger partial charge in [0.1, 0.15) is 12.4 Å². The minimum absolute atomic E-state index is 0.0121. The third-order valence-corrected chi connectivity index (χ3v) is 4.57. The van der Waals surface area contributed by atoms with Gasteiger partial charge in [0, 0.05) is 20.1 Å². The first kappa shape index (κ1) is 18.2. The molecule has 8 nitrogen and oxygen atoms in total. The van der Waals surface area contributed by atoms with Crippen molar-refractivity contribution >= 4 is 11.6 Å². The van der Waals surface area contributed by atoms with E-state index in [1.54, 1.807) is 11.7 Å². The molecule has 0 spiro atoms. The molecule has 0 amide bonds. The predicted molar refractivity (Wildman–Crippen MR) is 94.0 cm³/mol. The van der Waals surface area contributed by atoms with E-state index < -0.39 is 4.92 Å². The van der Waals surface area contributed by atoms with Crippen LogP contribution in [0.4, 0.5) is 5.69 Å². The number of nitrogens with zero attached hydrogens (tertiary/aromatic N) is 4. The van der Waals surface area contributed by atoms with Crippen molar-refractivity contribution in [3.8, 4) is 0 Å². The lowest BCUT2D eigenvalue weighted by atomic mass is 9.64. The molecular weight excluding hydrogens is 308 g/mol. The van der Waals surface area contributed by atoms with Crippen molar-refractivity contribution in [3.63, 3.8) is 0 Å². The van der Waals surface area contributed by atoms with Gasteiger partial charge in [0.05, 0.1) is 11.5 Å². The summed E-state index contributed by atoms with van der Waals surface area (Å²) in [6, 6.07) is 0. The normalized spacial score (nSPS) is 16.8. The van der Waals surface area contributed by atoms with Crippen LogP contribution in [0, 0.1) is 21.4 Å². The molecule has 8 heteroatoms. The Morgan fingerprint density at radius 2 is 2.25 bits per heavy atom. The van der Waals surface area contributed by atoms with Gasteiger partial charge in [-0.25, -0.2) is 0 Å². The fraction of sp³-hybridized carbons (Fsp3) is 0.750. The fourth-order valence-corrected chi connectivity index (χ4v) is 3.35. The standard InChI is InChI=1S/C16H28N6O2/c1-13(2)9-16(5-4-6-16)12-19-15(17-3)18-7-8-21-11-14(10-20-21)22(23)24/h10-11,13H,4-9,12H2,1-3H3,(H2,17,18,19). The van der Waals surface area contributed by atoms with E-state index in [4.69, 9.17) is 0 Å². The highest BCUT2D eigenvalue weighted by atomic mass is 16.6. The van der Waals surface area contributed by atoms with E-state index in [1.807, 2.05) is 0 Å². The van der Waals surface area contributed by atoms with Crippen LogP contribution in [0.25, 0.3) is 0 Å². The quantitative estimate of drug-likeness (QED) is 0.328. The summed E-state index contributed by atoms with van der Waals surface area (Å²) in [7, 11) is 1.75. The Balaban J connectivity index is 1.75. The van der Waals surface area contributed by atoms with Crippen molar-refractivity contribution < 1.29 is 4.92 Å². The number of guanidine groups is 1. The van der Waals surface area contributed by atoms with Crippen molar-refractivity contribution in [1.82, 2.24) is 20.4 Å². The molecule has 0 atom stereocenters. The van der Waals surface area contributed by atoms with E-state index in [2.05, 4.69) is 34.6 Å². The smallest absolute Gasteiger partial charge is 0.306 e. The number of hydrogen-bond acceptors (Lipinski definition) is 4. The number of nitrogens with one attached hydrogen (secondary N) is 2. The van der Waals surface area contributed by atoms with Gasteiger partial charge >= 0.3 is 5.69 Å². The fourth-order valence-electron chi connectivity index (χ4n) is 3.35. The summed E-state index contributed by atoms with van der Waals surface area (Å²) in [5.74, 6) is 1.48. The molecule has 134 valence electrons. The summed E-state index contributed by atoms with van der Waals surface area (Å²) in [5.41, 5.74) is 0.423. The van der Waals surface area contributed by atoms with Gasteiger partial charge in [-0.05, 0) is 30.6 Å². The second-order valence-electron chi connectivity index (χ2n) is 7.02. The Kier molecular flexibility index (Phi) is 6.16. The van der Waals surface area contributed by atoms with E-state index in [1.165, 1.54) is 38.1 Å². The largest absolute Gasteiger partial charge is 0.356 e. The van der Waals surface area contributed by atoms with Crippen molar-refractivity contribution in [1.29, 1.82) is 0 Å². The molecule has 0 aromatic carbocycles. The van der Waals surface area contributed by atoms with Gasteiger partial charge in [0.25, 0.3) is 0 Å². The van der Waals surface area contributed by atoms with E-state index in [0.29, 0.717) is 24.4 Å². The topological polar surface area (TPSA) is 97.4 Å². The molecule has 1 saturated carbocycles. The zero-order chi connectivity index (χ0) is 17.6. The Hall–Kier alpha value is -2.12. The number of hydrogen-bond donors (Lipinski definition) is 2. The van der Waals surface area contributed by atoms with Gasteiger partial charge in [-0.15, -0.1) is 0 Å². The highest BCUT2D eigenvalue weighted by Crippen LogP contribution is 2.45. The van der Waals surface area contributed by atoms with Crippen molar-refractivity contribution in [3.05, 3.63) is 22.5 Å². The van der Waals surface area contributed by atoms with Crippen LogP contribution < -0.4 is 10.6 Å². The highest BCUT2D eigenvalue weighted by Gasteiger charge is 2.37. The zero-order valence-electron chi connectivity index (χ0n) is 14.8. The Bertz CT molecular complexity index is 577. The van der Waals surface area contributed by atoms with Crippen LogP contribution in [0.1, 0.15) is 39.5 Å². The molecule has 1 aromatic rings. The molecule has 1 aromatic heterocycles. The first-order chi connectivity index (χ1) is 11.4. The van der Waals surface area contributed by atoms with Gasteiger partial charge in [-0.1, -0.05) is 20.3 Å². The predicted octanol–water partition coefficient (Wildman–Crippen LogP) is 2.17. The summed E-state index contributed by atoms with van der Waals surface area (Å²) in [4.78, 5) is 14.4. The van der Waals surface area contributed by atoms with Crippen LogP contribution in [-0.2, 0) is 6.54 Å². The molecule has 1 aliphatic rings. The van der Waals surface area contributed by atoms with E-state index >= 15 is 0 Å². The molecule has 1 aliphatic carbocycles. The van der Waals surface area contributed by atoms with Gasteiger partial charge in [-0.2, -0.15) is 5.10 Å². The molecule has 0 saturated heterocycles. The molecule has 1 fully saturated rings. The Labute approximate surface area is 142 Å². The van der Waals surface area contributed by atoms with Crippen LogP contribution in [0.15, 0.2) is 17.4 Å². The zero-order valence-corrected chi connectivity index (χ0v) is 14.8. The number of aliphatic imine (C=N–C) groups is 1. The van der Waals surface area contributed by atoms with Crippen LogP contribution in [0.3, 0.4) is 0 Å². The maximum atomic E-state index is 10.6. The third kappa shape index (κ3) is 4.94. The summed E-state index contributed by atoms with van der Waals surface area (Å²) in [6.07, 6.45) is 7.83. The highest BCUT2D eigenvalue weighted by molar-refractivity contribution is 5.79. The molecule has 0 bridgehead atoms. The minimum Gasteiger partial charge on any atom is -0.356 e. The van der Waals surface area contributed by atoms with Gasteiger partial charge < -0.3 is 10.6 Å². The molecule has 0 unspecified atom stereocenters. The Morgan fingerprint density at radius 1 is 1.50 bits per heavy atom. The van der Waals surface area contributed by atoms with Crippen LogP contribution in [-0.4, -0.2) is 40.8 Å². The molecule has 2 N–H and O–H groups in total.